The maximum absolute atomic E-state index is 11.6. The molecule has 0 atom stereocenters. The van der Waals surface area contributed by atoms with E-state index in [2.05, 4.69) is 9.82 Å². The lowest BCUT2D eigenvalue weighted by Crippen LogP contribution is -1.97. The molecule has 0 fully saturated rings. The van der Waals surface area contributed by atoms with Crippen LogP contribution in [0.1, 0.15) is 0 Å². The Morgan fingerprint density at radius 2 is 1.81 bits per heavy atom. The van der Waals surface area contributed by atoms with Gasteiger partial charge in [0.15, 0.2) is 7.11 Å². The lowest BCUT2D eigenvalue weighted by atomic mass is 10.0. The highest BCUT2D eigenvalue weighted by Gasteiger charge is 2.16. The number of hydrogen-bond acceptors (Lipinski definition) is 3. The highest BCUT2D eigenvalue weighted by molar-refractivity contribution is 5.96. The monoisotopic (exact) mass is 283 g/mol. The fourth-order valence-electron chi connectivity index (χ4n) is 2.34. The Hall–Kier alpha value is -2.82. The largest absolute Gasteiger partial charge is 0.497 e. The summed E-state index contributed by atoms with van der Waals surface area (Å²) in [5.74, 6) is 0.810. The molecule has 1 aromatic heterocycles. The molecule has 3 aromatic rings. The number of hydrogen-bond donors (Lipinski definition) is 1. The standard InChI is InChI=1S/C16H15N2O3/c1-20-13-6-3-11(4-7-13)15-10-17-16-8-5-12(9-14(15)16)18(19)21-2/h3-10,17H,1-2H3/q+1. The van der Waals surface area contributed by atoms with Crippen molar-refractivity contribution in [3.8, 4) is 16.9 Å². The number of aromatic nitrogens is 1. The van der Waals surface area contributed by atoms with Gasteiger partial charge in [-0.25, -0.2) is 4.84 Å². The van der Waals surface area contributed by atoms with Crippen LogP contribution in [0.4, 0.5) is 5.69 Å². The number of ether oxygens (including phenoxy) is 1. The lowest BCUT2D eigenvalue weighted by Gasteiger charge is -2.02. The average molecular weight is 283 g/mol. The Bertz CT molecular complexity index is 791. The summed E-state index contributed by atoms with van der Waals surface area (Å²) in [6.07, 6.45) is 1.93. The molecule has 0 aliphatic carbocycles. The first-order valence-corrected chi connectivity index (χ1v) is 6.50. The van der Waals surface area contributed by atoms with E-state index in [0.717, 1.165) is 27.8 Å². The minimum atomic E-state index is 0.458. The van der Waals surface area contributed by atoms with Crippen LogP contribution < -0.4 is 4.74 Å². The zero-order chi connectivity index (χ0) is 14.8. The van der Waals surface area contributed by atoms with Crippen LogP contribution in [0, 0.1) is 4.91 Å². The fourth-order valence-corrected chi connectivity index (χ4v) is 2.34. The average Bonchev–Trinajstić information content (AvgIpc) is 2.97. The molecule has 1 N–H and O–H groups in total. The van der Waals surface area contributed by atoms with E-state index in [1.807, 2.05) is 42.6 Å². The molecule has 5 nitrogen and oxygen atoms in total. The van der Waals surface area contributed by atoms with Crippen LogP contribution in [0.2, 0.25) is 0 Å². The Kier molecular flexibility index (Phi) is 3.31. The predicted molar refractivity (Wildman–Crippen MR) is 80.6 cm³/mol. The second-order valence-corrected chi connectivity index (χ2v) is 4.60. The van der Waals surface area contributed by atoms with E-state index in [0.29, 0.717) is 10.6 Å². The summed E-state index contributed by atoms with van der Waals surface area (Å²) in [4.78, 5) is 20.0. The number of aromatic amines is 1. The number of methoxy groups -OCH3 is 1. The molecule has 21 heavy (non-hydrogen) atoms. The van der Waals surface area contributed by atoms with E-state index in [9.17, 15) is 4.91 Å². The van der Waals surface area contributed by atoms with Crippen molar-refractivity contribution in [3.63, 3.8) is 0 Å². The minimum absolute atomic E-state index is 0.458. The van der Waals surface area contributed by atoms with Gasteiger partial charge in [-0.05, 0) is 23.8 Å². The van der Waals surface area contributed by atoms with E-state index >= 15 is 0 Å². The van der Waals surface area contributed by atoms with Crippen LogP contribution in [0.15, 0.2) is 48.7 Å². The lowest BCUT2D eigenvalue weighted by molar-refractivity contribution is -0.736. The summed E-state index contributed by atoms with van der Waals surface area (Å²) < 4.78 is 5.17. The van der Waals surface area contributed by atoms with Crippen LogP contribution in [0.25, 0.3) is 22.0 Å². The van der Waals surface area contributed by atoms with Crippen LogP contribution in [0.3, 0.4) is 0 Å². The molecule has 2 aromatic carbocycles. The molecule has 0 unspecified atom stereocenters. The first-order chi connectivity index (χ1) is 10.2. The van der Waals surface area contributed by atoms with Crippen molar-refractivity contribution in [2.45, 2.75) is 0 Å². The highest BCUT2D eigenvalue weighted by atomic mass is 16.8. The van der Waals surface area contributed by atoms with Gasteiger partial charge in [-0.3, -0.25) is 0 Å². The van der Waals surface area contributed by atoms with E-state index in [-0.39, 0.29) is 0 Å². The van der Waals surface area contributed by atoms with Crippen molar-refractivity contribution in [2.75, 3.05) is 14.2 Å². The zero-order valence-electron chi connectivity index (χ0n) is 11.8. The number of rotatable bonds is 4. The van der Waals surface area contributed by atoms with Gasteiger partial charge in [0.05, 0.1) is 12.0 Å². The van der Waals surface area contributed by atoms with Gasteiger partial charge >= 0.3 is 5.69 Å². The molecule has 0 radical (unpaired) electrons. The van der Waals surface area contributed by atoms with Gasteiger partial charge in [0.1, 0.15) is 5.75 Å². The van der Waals surface area contributed by atoms with Gasteiger partial charge in [0.2, 0.25) is 0 Å². The Balaban J connectivity index is 2.11. The maximum Gasteiger partial charge on any atom is 0.317 e. The van der Waals surface area contributed by atoms with Crippen LogP contribution >= 0.6 is 0 Å². The molecule has 3 rings (SSSR count). The van der Waals surface area contributed by atoms with Crippen molar-refractivity contribution in [3.05, 3.63) is 53.6 Å². The summed E-state index contributed by atoms with van der Waals surface area (Å²) >= 11 is 0. The SMILES string of the molecule is COc1ccc(-c2c[nH]c3ccc([N+](=O)OC)cc23)cc1. The number of fused-ring (bicyclic) bond motifs is 1. The van der Waals surface area contributed by atoms with Crippen molar-refractivity contribution in [1.29, 1.82) is 0 Å². The topological polar surface area (TPSA) is 54.3 Å². The van der Waals surface area contributed by atoms with Gasteiger partial charge in [-0.15, -0.1) is 0 Å². The van der Waals surface area contributed by atoms with Crippen molar-refractivity contribution >= 4 is 16.6 Å². The molecule has 0 aliphatic heterocycles. The second kappa shape index (κ2) is 5.28. The molecule has 106 valence electrons. The quantitative estimate of drug-likeness (QED) is 0.741. The second-order valence-electron chi connectivity index (χ2n) is 4.60. The van der Waals surface area contributed by atoms with E-state index in [1.54, 1.807) is 13.2 Å². The Morgan fingerprint density at radius 1 is 1.05 bits per heavy atom. The van der Waals surface area contributed by atoms with E-state index < -0.39 is 0 Å². The first-order valence-electron chi connectivity index (χ1n) is 6.50. The molecule has 0 aliphatic rings. The van der Waals surface area contributed by atoms with Crippen molar-refractivity contribution in [2.24, 2.45) is 0 Å². The highest BCUT2D eigenvalue weighted by Crippen LogP contribution is 2.32. The summed E-state index contributed by atoms with van der Waals surface area (Å²) in [6, 6.07) is 13.2. The van der Waals surface area contributed by atoms with Crippen LogP contribution in [-0.4, -0.2) is 24.1 Å². The third-order valence-electron chi connectivity index (χ3n) is 3.44. The van der Waals surface area contributed by atoms with Gasteiger partial charge in [0.25, 0.3) is 4.92 Å². The molecular weight excluding hydrogens is 268 g/mol. The molecule has 0 bridgehead atoms. The summed E-state index contributed by atoms with van der Waals surface area (Å²) in [6.45, 7) is 0. The van der Waals surface area contributed by atoms with E-state index in [4.69, 9.17) is 4.74 Å². The summed E-state index contributed by atoms with van der Waals surface area (Å²) in [5, 5.41) is 0.968. The zero-order valence-corrected chi connectivity index (χ0v) is 11.8. The van der Waals surface area contributed by atoms with Crippen LogP contribution in [0.5, 0.6) is 5.75 Å². The normalized spacial score (nSPS) is 10.6. The van der Waals surface area contributed by atoms with Crippen LogP contribution in [-0.2, 0) is 4.84 Å². The number of nitrogens with one attached hydrogen (secondary N) is 1. The number of benzene rings is 2. The van der Waals surface area contributed by atoms with Gasteiger partial charge < -0.3 is 9.72 Å². The number of H-pyrrole nitrogens is 1. The van der Waals surface area contributed by atoms with Gasteiger partial charge in [-0.2, -0.15) is 0 Å². The number of nitrogens with zero attached hydrogens (tertiary/aromatic N) is 1. The molecule has 1 heterocycles. The minimum Gasteiger partial charge on any atom is -0.497 e. The Morgan fingerprint density at radius 3 is 2.48 bits per heavy atom. The van der Waals surface area contributed by atoms with E-state index in [1.165, 1.54) is 7.11 Å². The summed E-state index contributed by atoms with van der Waals surface area (Å²) in [5.41, 5.74) is 3.50. The predicted octanol–water partition coefficient (Wildman–Crippen LogP) is 3.82. The van der Waals surface area contributed by atoms with Gasteiger partial charge in [-0.1, -0.05) is 12.1 Å². The third-order valence-corrected chi connectivity index (χ3v) is 3.44. The summed E-state index contributed by atoms with van der Waals surface area (Å²) in [7, 11) is 2.99. The molecule has 0 saturated carbocycles. The van der Waals surface area contributed by atoms with Gasteiger partial charge in [0, 0.05) is 34.8 Å². The van der Waals surface area contributed by atoms with Crippen molar-refractivity contribution < 1.29 is 14.5 Å². The van der Waals surface area contributed by atoms with Crippen molar-refractivity contribution in [1.82, 2.24) is 4.98 Å². The maximum atomic E-state index is 11.6. The Labute approximate surface area is 121 Å². The third kappa shape index (κ3) is 2.33. The molecule has 5 heteroatoms. The smallest absolute Gasteiger partial charge is 0.317 e. The molecule has 0 spiro atoms. The first kappa shape index (κ1) is 13.2. The molecule has 0 saturated heterocycles. The fraction of sp³-hybridized carbons (Fsp3) is 0.125. The molecular formula is C16H15N2O3+. The molecule has 0 amide bonds.